The molecule has 2 N–H and O–H groups in total. The molecular weight excluding hydrogens is 314 g/mol. The van der Waals surface area contributed by atoms with Crippen LogP contribution in [0.25, 0.3) is 0 Å². The molecule has 1 heterocycles. The Morgan fingerprint density at radius 1 is 1.26 bits per heavy atom. The van der Waals surface area contributed by atoms with Crippen molar-refractivity contribution in [3.05, 3.63) is 27.7 Å². The highest BCUT2D eigenvalue weighted by atomic mass is 35.5. The van der Waals surface area contributed by atoms with Crippen LogP contribution >= 0.6 is 35.6 Å². The van der Waals surface area contributed by atoms with Crippen LogP contribution in [0.3, 0.4) is 0 Å². The Morgan fingerprint density at radius 3 is 2.26 bits per heavy atom. The van der Waals surface area contributed by atoms with Gasteiger partial charge in [0, 0.05) is 26.2 Å². The Balaban J connectivity index is 0.00000180. The maximum absolute atomic E-state index is 13.3. The zero-order valence-corrected chi connectivity index (χ0v) is 12.5. The number of nitrogens with zero attached hydrogens (tertiary/aromatic N) is 1. The van der Waals surface area contributed by atoms with Gasteiger partial charge in [0.05, 0.1) is 16.1 Å². The molecule has 1 aromatic rings. The van der Waals surface area contributed by atoms with Gasteiger partial charge >= 0.3 is 0 Å². The third-order valence-electron chi connectivity index (χ3n) is 3.16. The molecule has 0 aromatic heterocycles. The largest absolute Gasteiger partial charge is 0.505 e. The van der Waals surface area contributed by atoms with Crippen molar-refractivity contribution < 1.29 is 9.50 Å². The van der Waals surface area contributed by atoms with E-state index in [-0.39, 0.29) is 34.2 Å². The second-order valence-electron chi connectivity index (χ2n) is 4.29. The van der Waals surface area contributed by atoms with Crippen molar-refractivity contribution in [3.63, 3.8) is 0 Å². The summed E-state index contributed by atoms with van der Waals surface area (Å²) >= 11 is 11.7. The average Bonchev–Trinajstić information content (AvgIpc) is 2.38. The van der Waals surface area contributed by atoms with Crippen LogP contribution in [0.2, 0.25) is 10.0 Å². The lowest BCUT2D eigenvalue weighted by Crippen LogP contribution is -2.45. The van der Waals surface area contributed by atoms with Crippen LogP contribution in [0.4, 0.5) is 4.39 Å². The Labute approximate surface area is 128 Å². The van der Waals surface area contributed by atoms with E-state index in [0.29, 0.717) is 5.56 Å². The number of hydrogen-bond acceptors (Lipinski definition) is 3. The van der Waals surface area contributed by atoms with E-state index in [0.717, 1.165) is 26.2 Å². The van der Waals surface area contributed by atoms with E-state index in [1.54, 1.807) is 12.1 Å². The first-order chi connectivity index (χ1) is 8.63. The standard InChI is InChI=1S/C12H15Cl2FN2O.ClH/c13-9-5-8(6-10(14)12(9)18)11(7-15)17-3-1-16-2-4-17;/h5-6,11,16,18H,1-4,7H2;1H/t11-;/m0./s1. The van der Waals surface area contributed by atoms with Crippen molar-refractivity contribution in [2.24, 2.45) is 0 Å². The second kappa shape index (κ2) is 7.50. The summed E-state index contributed by atoms with van der Waals surface area (Å²) in [7, 11) is 0. The topological polar surface area (TPSA) is 35.5 Å². The maximum Gasteiger partial charge on any atom is 0.152 e. The first-order valence-electron chi connectivity index (χ1n) is 5.82. The highest BCUT2D eigenvalue weighted by Crippen LogP contribution is 2.36. The fourth-order valence-electron chi connectivity index (χ4n) is 2.17. The van der Waals surface area contributed by atoms with Gasteiger partial charge in [0.15, 0.2) is 5.75 Å². The molecule has 0 spiro atoms. The van der Waals surface area contributed by atoms with Crippen molar-refractivity contribution in [3.8, 4) is 5.75 Å². The number of phenols is 1. The molecular formula is C12H16Cl3FN2O. The molecule has 0 saturated carbocycles. The predicted octanol–water partition coefficient (Wildman–Crippen LogP) is 3.04. The van der Waals surface area contributed by atoms with E-state index in [2.05, 4.69) is 10.2 Å². The van der Waals surface area contributed by atoms with E-state index in [1.807, 2.05) is 0 Å². The van der Waals surface area contributed by atoms with Gasteiger partial charge in [0.2, 0.25) is 0 Å². The minimum Gasteiger partial charge on any atom is -0.505 e. The van der Waals surface area contributed by atoms with E-state index < -0.39 is 6.67 Å². The molecule has 2 rings (SSSR count). The Kier molecular flexibility index (Phi) is 6.63. The summed E-state index contributed by atoms with van der Waals surface area (Å²) in [5, 5.41) is 13.1. The molecule has 1 fully saturated rings. The van der Waals surface area contributed by atoms with Crippen molar-refractivity contribution >= 4 is 35.6 Å². The van der Waals surface area contributed by atoms with Crippen molar-refractivity contribution in [1.82, 2.24) is 10.2 Å². The summed E-state index contributed by atoms with van der Waals surface area (Å²) in [4.78, 5) is 2.05. The number of aromatic hydroxyl groups is 1. The number of rotatable bonds is 3. The molecule has 1 atom stereocenters. The molecule has 108 valence electrons. The lowest BCUT2D eigenvalue weighted by Gasteiger charge is -2.33. The van der Waals surface area contributed by atoms with E-state index >= 15 is 0 Å². The molecule has 0 unspecified atom stereocenters. The van der Waals surface area contributed by atoms with E-state index in [4.69, 9.17) is 23.2 Å². The number of piperazine rings is 1. The van der Waals surface area contributed by atoms with Gasteiger partial charge in [-0.25, -0.2) is 4.39 Å². The number of halogens is 4. The monoisotopic (exact) mass is 328 g/mol. The summed E-state index contributed by atoms with van der Waals surface area (Å²) in [6.07, 6.45) is 0. The highest BCUT2D eigenvalue weighted by Gasteiger charge is 2.23. The van der Waals surface area contributed by atoms with Crippen molar-refractivity contribution in [1.29, 1.82) is 0 Å². The normalized spacial score (nSPS) is 17.8. The second-order valence-corrected chi connectivity index (χ2v) is 5.10. The predicted molar refractivity (Wildman–Crippen MR) is 78.5 cm³/mol. The lowest BCUT2D eigenvalue weighted by molar-refractivity contribution is 0.147. The molecule has 3 nitrogen and oxygen atoms in total. The van der Waals surface area contributed by atoms with Crippen LogP contribution in [0.5, 0.6) is 5.75 Å². The lowest BCUT2D eigenvalue weighted by atomic mass is 10.1. The summed E-state index contributed by atoms with van der Waals surface area (Å²) in [5.74, 6) is -0.153. The zero-order chi connectivity index (χ0) is 13.1. The van der Waals surface area contributed by atoms with Gasteiger partial charge in [-0.1, -0.05) is 23.2 Å². The van der Waals surface area contributed by atoms with Gasteiger partial charge in [-0.2, -0.15) is 0 Å². The number of hydrogen-bond donors (Lipinski definition) is 2. The minimum absolute atomic E-state index is 0. The van der Waals surface area contributed by atoms with Gasteiger partial charge in [-0.15, -0.1) is 12.4 Å². The Morgan fingerprint density at radius 2 is 1.79 bits per heavy atom. The van der Waals surface area contributed by atoms with Gasteiger partial charge in [0.25, 0.3) is 0 Å². The third-order valence-corrected chi connectivity index (χ3v) is 3.74. The number of alkyl halides is 1. The van der Waals surface area contributed by atoms with Gasteiger partial charge < -0.3 is 10.4 Å². The van der Waals surface area contributed by atoms with Crippen LogP contribution < -0.4 is 5.32 Å². The third kappa shape index (κ3) is 3.86. The fraction of sp³-hybridized carbons (Fsp3) is 0.500. The molecule has 19 heavy (non-hydrogen) atoms. The number of nitrogens with one attached hydrogen (secondary N) is 1. The highest BCUT2D eigenvalue weighted by molar-refractivity contribution is 6.37. The first kappa shape index (κ1) is 16.8. The molecule has 0 aliphatic carbocycles. The van der Waals surface area contributed by atoms with E-state index in [1.165, 1.54) is 0 Å². The molecule has 1 aromatic carbocycles. The fourth-order valence-corrected chi connectivity index (χ4v) is 2.67. The minimum atomic E-state index is -0.503. The molecule has 0 amide bonds. The zero-order valence-electron chi connectivity index (χ0n) is 10.2. The Bertz CT molecular complexity index is 404. The van der Waals surface area contributed by atoms with Crippen LogP contribution in [0.15, 0.2) is 12.1 Å². The van der Waals surface area contributed by atoms with Crippen LogP contribution in [-0.2, 0) is 0 Å². The molecule has 1 saturated heterocycles. The summed E-state index contributed by atoms with van der Waals surface area (Å²) in [6, 6.07) is 2.80. The van der Waals surface area contributed by atoms with Gasteiger partial charge in [-0.3, -0.25) is 4.90 Å². The van der Waals surface area contributed by atoms with Crippen LogP contribution in [-0.4, -0.2) is 42.9 Å². The quantitative estimate of drug-likeness (QED) is 0.895. The van der Waals surface area contributed by atoms with Crippen molar-refractivity contribution in [2.75, 3.05) is 32.9 Å². The van der Waals surface area contributed by atoms with Gasteiger partial charge in [0.1, 0.15) is 6.67 Å². The van der Waals surface area contributed by atoms with E-state index in [9.17, 15) is 9.50 Å². The number of phenolic OH excluding ortho intramolecular Hbond substituents is 1. The van der Waals surface area contributed by atoms with Crippen molar-refractivity contribution in [2.45, 2.75) is 6.04 Å². The molecule has 1 aliphatic rings. The maximum atomic E-state index is 13.3. The molecule has 7 heteroatoms. The smallest absolute Gasteiger partial charge is 0.152 e. The average molecular weight is 330 g/mol. The molecule has 0 bridgehead atoms. The van der Waals surface area contributed by atoms with Crippen LogP contribution in [0, 0.1) is 0 Å². The summed E-state index contributed by atoms with van der Waals surface area (Å²) in [6.45, 7) is 2.75. The Hall–Kier alpha value is -0.260. The molecule has 1 aliphatic heterocycles. The SMILES string of the molecule is Cl.Oc1c(Cl)cc([C@H](CF)N2CCNCC2)cc1Cl. The summed E-state index contributed by atoms with van der Waals surface area (Å²) < 4.78 is 13.3. The number of benzene rings is 1. The first-order valence-corrected chi connectivity index (χ1v) is 6.57. The van der Waals surface area contributed by atoms with Gasteiger partial charge in [-0.05, 0) is 17.7 Å². The molecule has 0 radical (unpaired) electrons. The van der Waals surface area contributed by atoms with Crippen LogP contribution in [0.1, 0.15) is 11.6 Å². The summed E-state index contributed by atoms with van der Waals surface area (Å²) in [5.41, 5.74) is 0.701.